The fourth-order valence-corrected chi connectivity index (χ4v) is 2.18. The van der Waals surface area contributed by atoms with Gasteiger partial charge in [-0.25, -0.2) is 0 Å². The maximum atomic E-state index is 12.0. The first-order valence-electron chi connectivity index (χ1n) is 6.74. The highest BCUT2D eigenvalue weighted by molar-refractivity contribution is 5.96. The number of amides is 2. The highest BCUT2D eigenvalue weighted by Crippen LogP contribution is 2.13. The zero-order valence-corrected chi connectivity index (χ0v) is 11.7. The predicted molar refractivity (Wildman–Crippen MR) is 82.2 cm³/mol. The van der Waals surface area contributed by atoms with Gasteiger partial charge in [-0.1, -0.05) is 12.1 Å². The third-order valence-corrected chi connectivity index (χ3v) is 3.32. The van der Waals surface area contributed by atoms with E-state index < -0.39 is 5.91 Å². The molecule has 0 aliphatic rings. The van der Waals surface area contributed by atoms with Crippen LogP contribution >= 0.6 is 0 Å². The Kier molecular flexibility index (Phi) is 3.57. The molecule has 0 saturated heterocycles. The molecular formula is C16H14N4O2. The molecule has 2 heterocycles. The number of nitrogens with zero attached hydrogens (tertiary/aromatic N) is 1. The van der Waals surface area contributed by atoms with Gasteiger partial charge in [0.05, 0.1) is 5.52 Å². The molecule has 0 fully saturated rings. The third kappa shape index (κ3) is 2.80. The molecule has 0 spiro atoms. The SMILES string of the molecule is NC(=O)c1ccc(C(=O)NCc2ccc3ncccc3c2)[nH]1. The molecule has 4 N–H and O–H groups in total. The molecule has 3 aromatic rings. The summed E-state index contributed by atoms with van der Waals surface area (Å²) in [5, 5.41) is 3.81. The lowest BCUT2D eigenvalue weighted by atomic mass is 10.1. The van der Waals surface area contributed by atoms with Crippen molar-refractivity contribution >= 4 is 22.7 Å². The quantitative estimate of drug-likeness (QED) is 0.681. The second-order valence-corrected chi connectivity index (χ2v) is 4.86. The van der Waals surface area contributed by atoms with Gasteiger partial charge in [0, 0.05) is 18.1 Å². The highest BCUT2D eigenvalue weighted by Gasteiger charge is 2.10. The number of fused-ring (bicyclic) bond motifs is 1. The fourth-order valence-electron chi connectivity index (χ4n) is 2.18. The van der Waals surface area contributed by atoms with Gasteiger partial charge < -0.3 is 16.0 Å². The van der Waals surface area contributed by atoms with E-state index in [4.69, 9.17) is 5.73 Å². The second kappa shape index (κ2) is 5.69. The Hall–Kier alpha value is -3.15. The molecule has 2 aromatic heterocycles. The molecule has 0 bridgehead atoms. The Morgan fingerprint density at radius 2 is 1.95 bits per heavy atom. The van der Waals surface area contributed by atoms with E-state index in [2.05, 4.69) is 15.3 Å². The minimum Gasteiger partial charge on any atom is -0.364 e. The Balaban J connectivity index is 1.70. The normalized spacial score (nSPS) is 10.5. The maximum Gasteiger partial charge on any atom is 0.267 e. The van der Waals surface area contributed by atoms with Gasteiger partial charge in [0.25, 0.3) is 11.8 Å². The maximum absolute atomic E-state index is 12.0. The number of nitrogens with one attached hydrogen (secondary N) is 2. The molecule has 0 unspecified atom stereocenters. The number of carbonyl (C=O) groups is 2. The van der Waals surface area contributed by atoms with E-state index in [9.17, 15) is 9.59 Å². The van der Waals surface area contributed by atoms with Crippen molar-refractivity contribution in [2.75, 3.05) is 0 Å². The number of primary amides is 1. The summed E-state index contributed by atoms with van der Waals surface area (Å²) in [5.41, 5.74) is 7.53. The van der Waals surface area contributed by atoms with Crippen LogP contribution in [0.25, 0.3) is 10.9 Å². The first-order chi connectivity index (χ1) is 10.6. The van der Waals surface area contributed by atoms with Crippen LogP contribution in [-0.4, -0.2) is 21.8 Å². The van der Waals surface area contributed by atoms with Crippen molar-refractivity contribution in [1.82, 2.24) is 15.3 Å². The van der Waals surface area contributed by atoms with Crippen LogP contribution in [0.5, 0.6) is 0 Å². The van der Waals surface area contributed by atoms with Crippen molar-refractivity contribution < 1.29 is 9.59 Å². The van der Waals surface area contributed by atoms with E-state index in [0.717, 1.165) is 16.5 Å². The number of rotatable bonds is 4. The van der Waals surface area contributed by atoms with Gasteiger partial charge in [-0.2, -0.15) is 0 Å². The van der Waals surface area contributed by atoms with Crippen LogP contribution in [-0.2, 0) is 6.54 Å². The molecule has 1 aromatic carbocycles. The molecule has 0 atom stereocenters. The molecule has 0 aliphatic heterocycles. The van der Waals surface area contributed by atoms with Crippen LogP contribution in [0.15, 0.2) is 48.7 Å². The number of H-pyrrole nitrogens is 1. The number of hydrogen-bond acceptors (Lipinski definition) is 3. The lowest BCUT2D eigenvalue weighted by molar-refractivity contribution is 0.0946. The van der Waals surface area contributed by atoms with Crippen molar-refractivity contribution in [3.63, 3.8) is 0 Å². The minimum atomic E-state index is -0.596. The van der Waals surface area contributed by atoms with E-state index in [1.54, 1.807) is 6.20 Å². The topological polar surface area (TPSA) is 101 Å². The Labute approximate surface area is 126 Å². The van der Waals surface area contributed by atoms with Crippen LogP contribution in [0.4, 0.5) is 0 Å². The van der Waals surface area contributed by atoms with Gasteiger partial charge in [-0.05, 0) is 35.9 Å². The van der Waals surface area contributed by atoms with Crippen molar-refractivity contribution in [1.29, 1.82) is 0 Å². The molecule has 6 heteroatoms. The number of carbonyl (C=O) groups excluding carboxylic acids is 2. The van der Waals surface area contributed by atoms with Crippen LogP contribution < -0.4 is 11.1 Å². The smallest absolute Gasteiger partial charge is 0.267 e. The van der Waals surface area contributed by atoms with E-state index in [1.165, 1.54) is 12.1 Å². The first kappa shape index (κ1) is 13.8. The third-order valence-electron chi connectivity index (χ3n) is 3.32. The van der Waals surface area contributed by atoms with Crippen LogP contribution in [0, 0.1) is 0 Å². The monoisotopic (exact) mass is 294 g/mol. The molecule has 0 saturated carbocycles. The van der Waals surface area contributed by atoms with E-state index in [0.29, 0.717) is 12.2 Å². The van der Waals surface area contributed by atoms with Crippen molar-refractivity contribution in [2.24, 2.45) is 5.73 Å². The number of pyridine rings is 1. The van der Waals surface area contributed by atoms with Gasteiger partial charge in [0.15, 0.2) is 0 Å². The van der Waals surface area contributed by atoms with Gasteiger partial charge in [0.2, 0.25) is 0 Å². The molecule has 2 amide bonds. The van der Waals surface area contributed by atoms with Gasteiger partial charge in [-0.15, -0.1) is 0 Å². The predicted octanol–water partition coefficient (Wildman–Crippen LogP) is 1.59. The summed E-state index contributed by atoms with van der Waals surface area (Å²) in [6, 6.07) is 12.7. The fraction of sp³-hybridized carbons (Fsp3) is 0.0625. The number of nitrogens with two attached hydrogens (primary N) is 1. The Morgan fingerprint density at radius 1 is 1.14 bits per heavy atom. The summed E-state index contributed by atoms with van der Waals surface area (Å²) in [7, 11) is 0. The molecule has 22 heavy (non-hydrogen) atoms. The van der Waals surface area contributed by atoms with Crippen LogP contribution in [0.3, 0.4) is 0 Å². The minimum absolute atomic E-state index is 0.210. The largest absolute Gasteiger partial charge is 0.364 e. The van der Waals surface area contributed by atoms with Crippen molar-refractivity contribution in [2.45, 2.75) is 6.54 Å². The number of aromatic amines is 1. The summed E-state index contributed by atoms with van der Waals surface area (Å²) in [5.74, 6) is -0.889. The Morgan fingerprint density at radius 3 is 2.73 bits per heavy atom. The van der Waals surface area contributed by atoms with Crippen molar-refractivity contribution in [3.8, 4) is 0 Å². The lowest BCUT2D eigenvalue weighted by Crippen LogP contribution is -2.23. The van der Waals surface area contributed by atoms with Crippen LogP contribution in [0.1, 0.15) is 26.5 Å². The van der Waals surface area contributed by atoms with Gasteiger partial charge in [0.1, 0.15) is 11.4 Å². The molecular weight excluding hydrogens is 280 g/mol. The van der Waals surface area contributed by atoms with Gasteiger partial charge in [-0.3, -0.25) is 14.6 Å². The van der Waals surface area contributed by atoms with Crippen molar-refractivity contribution in [3.05, 3.63) is 65.6 Å². The molecule has 110 valence electrons. The zero-order chi connectivity index (χ0) is 15.5. The van der Waals surface area contributed by atoms with Crippen LogP contribution in [0.2, 0.25) is 0 Å². The zero-order valence-electron chi connectivity index (χ0n) is 11.7. The summed E-state index contributed by atoms with van der Waals surface area (Å²) >= 11 is 0. The summed E-state index contributed by atoms with van der Waals surface area (Å²) < 4.78 is 0. The lowest BCUT2D eigenvalue weighted by Gasteiger charge is -2.05. The molecule has 3 rings (SSSR count). The number of aromatic nitrogens is 2. The second-order valence-electron chi connectivity index (χ2n) is 4.86. The standard InChI is InChI=1S/C16H14N4O2/c17-15(21)13-5-6-14(20-13)16(22)19-9-10-3-4-12-11(8-10)2-1-7-18-12/h1-8,20H,9H2,(H2,17,21)(H,19,22). The average Bonchev–Trinajstić information content (AvgIpc) is 3.03. The molecule has 0 aliphatic carbocycles. The van der Waals surface area contributed by atoms with Gasteiger partial charge >= 0.3 is 0 Å². The highest BCUT2D eigenvalue weighted by atomic mass is 16.2. The Bertz CT molecular complexity index is 854. The summed E-state index contributed by atoms with van der Waals surface area (Å²) in [6.45, 7) is 0.384. The molecule has 0 radical (unpaired) electrons. The number of benzene rings is 1. The summed E-state index contributed by atoms with van der Waals surface area (Å²) in [6.07, 6.45) is 1.74. The average molecular weight is 294 g/mol. The summed E-state index contributed by atoms with van der Waals surface area (Å²) in [4.78, 5) is 29.9. The van der Waals surface area contributed by atoms with E-state index in [-0.39, 0.29) is 11.6 Å². The number of hydrogen-bond donors (Lipinski definition) is 3. The first-order valence-corrected chi connectivity index (χ1v) is 6.74. The molecule has 6 nitrogen and oxygen atoms in total. The van der Waals surface area contributed by atoms with E-state index in [1.807, 2.05) is 30.3 Å². The van der Waals surface area contributed by atoms with E-state index >= 15 is 0 Å².